The highest BCUT2D eigenvalue weighted by molar-refractivity contribution is 5.94. The summed E-state index contributed by atoms with van der Waals surface area (Å²) < 4.78 is 11.3. The number of carbonyl (C=O) groups is 2. The summed E-state index contributed by atoms with van der Waals surface area (Å²) >= 11 is 0. The maximum absolute atomic E-state index is 12.7. The van der Waals surface area contributed by atoms with Gasteiger partial charge in [0, 0.05) is 47.8 Å². The summed E-state index contributed by atoms with van der Waals surface area (Å²) in [7, 11) is 0. The average molecular weight is 429 g/mol. The van der Waals surface area contributed by atoms with E-state index in [1.807, 2.05) is 55.4 Å². The molecule has 8 nitrogen and oxygen atoms in total. The van der Waals surface area contributed by atoms with Crippen LogP contribution in [0.3, 0.4) is 0 Å². The molecule has 0 amide bonds. The van der Waals surface area contributed by atoms with Crippen LogP contribution in [0.25, 0.3) is 0 Å². The van der Waals surface area contributed by atoms with Crippen molar-refractivity contribution in [1.29, 1.82) is 0 Å². The van der Waals surface area contributed by atoms with E-state index < -0.39 is 52.2 Å². The Bertz CT molecular complexity index is 581. The lowest BCUT2D eigenvalue weighted by molar-refractivity contribution is -0.261. The van der Waals surface area contributed by atoms with Gasteiger partial charge in [-0.05, 0) is 62.3 Å². The zero-order valence-corrected chi connectivity index (χ0v) is 20.0. The first-order chi connectivity index (χ1) is 13.4. The molecule has 0 aromatic heterocycles. The Labute approximate surface area is 180 Å². The molecule has 2 aliphatic heterocycles. The van der Waals surface area contributed by atoms with Crippen LogP contribution in [0.2, 0.25) is 0 Å². The SMILES string of the molecule is CC(C(=O)OC1CC(C)(C)N(O)C(C)(C)C1)C(=O)OC1CC(C)(C)N(O)C(C)(C)C1. The van der Waals surface area contributed by atoms with E-state index in [0.717, 1.165) is 0 Å². The fourth-order valence-corrected chi connectivity index (χ4v) is 5.15. The van der Waals surface area contributed by atoms with Gasteiger partial charge in [0.15, 0.2) is 5.92 Å². The third-order valence-electron chi connectivity index (χ3n) is 6.48. The number of piperidine rings is 2. The monoisotopic (exact) mass is 428 g/mol. The molecule has 0 unspecified atom stereocenters. The first-order valence-corrected chi connectivity index (χ1v) is 10.8. The summed E-state index contributed by atoms with van der Waals surface area (Å²) in [5.74, 6) is -2.26. The van der Waals surface area contributed by atoms with Crippen molar-refractivity contribution in [2.75, 3.05) is 0 Å². The molecule has 0 spiro atoms. The molecule has 0 aromatic carbocycles. The second-order valence-electron chi connectivity index (χ2n) is 11.5. The number of hydrogen-bond donors (Lipinski definition) is 2. The number of ether oxygens (including phenoxy) is 2. The molecule has 0 aliphatic carbocycles. The number of carbonyl (C=O) groups excluding carboxylic acids is 2. The standard InChI is InChI=1S/C22H40N2O6/c1-14(17(25)29-15-10-19(2,3)23(27)20(4,5)11-15)18(26)30-16-12-21(6,7)24(28)22(8,9)13-16/h14-16,27-28H,10-13H2,1-9H3. The molecule has 2 N–H and O–H groups in total. The van der Waals surface area contributed by atoms with E-state index in [2.05, 4.69) is 0 Å². The highest BCUT2D eigenvalue weighted by Crippen LogP contribution is 2.39. The van der Waals surface area contributed by atoms with Crippen LogP contribution < -0.4 is 0 Å². The van der Waals surface area contributed by atoms with Gasteiger partial charge in [0.05, 0.1) is 0 Å². The number of hydroxylamine groups is 4. The summed E-state index contributed by atoms with van der Waals surface area (Å²) in [6.07, 6.45) is 1.10. The van der Waals surface area contributed by atoms with Crippen LogP contribution in [0.5, 0.6) is 0 Å². The van der Waals surface area contributed by atoms with Crippen LogP contribution in [0.15, 0.2) is 0 Å². The number of rotatable bonds is 4. The van der Waals surface area contributed by atoms with Gasteiger partial charge < -0.3 is 19.9 Å². The van der Waals surface area contributed by atoms with Crippen LogP contribution >= 0.6 is 0 Å². The van der Waals surface area contributed by atoms with Gasteiger partial charge in [-0.3, -0.25) is 9.59 Å². The van der Waals surface area contributed by atoms with Crippen LogP contribution in [0.4, 0.5) is 0 Å². The zero-order chi connectivity index (χ0) is 23.3. The van der Waals surface area contributed by atoms with Crippen molar-refractivity contribution in [3.05, 3.63) is 0 Å². The lowest BCUT2D eigenvalue weighted by Crippen LogP contribution is -2.61. The molecule has 174 valence electrons. The van der Waals surface area contributed by atoms with Crippen molar-refractivity contribution in [1.82, 2.24) is 10.1 Å². The van der Waals surface area contributed by atoms with Gasteiger partial charge in [-0.15, -0.1) is 0 Å². The maximum Gasteiger partial charge on any atom is 0.320 e. The molecule has 2 saturated heterocycles. The molecule has 8 heteroatoms. The second-order valence-corrected chi connectivity index (χ2v) is 11.5. The first kappa shape index (κ1) is 25.0. The van der Waals surface area contributed by atoms with Crippen LogP contribution in [0, 0.1) is 5.92 Å². The molecule has 0 atom stereocenters. The molecular weight excluding hydrogens is 388 g/mol. The van der Waals surface area contributed by atoms with Crippen molar-refractivity contribution >= 4 is 11.9 Å². The second kappa shape index (κ2) is 8.04. The Morgan fingerprint density at radius 3 is 1.17 bits per heavy atom. The smallest absolute Gasteiger partial charge is 0.320 e. The molecule has 2 heterocycles. The lowest BCUT2D eigenvalue weighted by atomic mass is 9.80. The molecule has 30 heavy (non-hydrogen) atoms. The maximum atomic E-state index is 12.7. The summed E-state index contributed by atoms with van der Waals surface area (Å²) in [5, 5.41) is 23.4. The molecule has 2 rings (SSSR count). The van der Waals surface area contributed by atoms with Gasteiger partial charge >= 0.3 is 11.9 Å². The van der Waals surface area contributed by atoms with Gasteiger partial charge in [-0.1, -0.05) is 0 Å². The fourth-order valence-electron chi connectivity index (χ4n) is 5.15. The predicted molar refractivity (Wildman–Crippen MR) is 111 cm³/mol. The molecule has 0 radical (unpaired) electrons. The highest BCUT2D eigenvalue weighted by atomic mass is 16.6. The van der Waals surface area contributed by atoms with E-state index in [9.17, 15) is 20.0 Å². The molecule has 0 aromatic rings. The summed E-state index contributed by atoms with van der Waals surface area (Å²) in [6.45, 7) is 16.6. The van der Waals surface area contributed by atoms with E-state index in [0.29, 0.717) is 25.7 Å². The summed E-state index contributed by atoms with van der Waals surface area (Å²) in [6, 6.07) is 0. The Morgan fingerprint density at radius 1 is 0.700 bits per heavy atom. The van der Waals surface area contributed by atoms with E-state index in [4.69, 9.17) is 9.47 Å². The molecule has 0 saturated carbocycles. The average Bonchev–Trinajstić information content (AvgIpc) is 2.55. The number of hydrogen-bond acceptors (Lipinski definition) is 8. The van der Waals surface area contributed by atoms with Gasteiger partial charge in [0.1, 0.15) is 12.2 Å². The summed E-state index contributed by atoms with van der Waals surface area (Å²) in [4.78, 5) is 25.3. The Kier molecular flexibility index (Phi) is 6.71. The van der Waals surface area contributed by atoms with E-state index in [1.54, 1.807) is 0 Å². The first-order valence-electron chi connectivity index (χ1n) is 10.8. The minimum atomic E-state index is -1.04. The van der Waals surface area contributed by atoms with Crippen LogP contribution in [-0.4, -0.2) is 66.8 Å². The van der Waals surface area contributed by atoms with Crippen molar-refractivity contribution < 1.29 is 29.5 Å². The zero-order valence-electron chi connectivity index (χ0n) is 20.0. The quantitative estimate of drug-likeness (QED) is 0.518. The predicted octanol–water partition coefficient (Wildman–Crippen LogP) is 3.53. The number of nitrogens with zero attached hydrogens (tertiary/aromatic N) is 2. The Morgan fingerprint density at radius 2 is 0.933 bits per heavy atom. The minimum Gasteiger partial charge on any atom is -0.462 e. The van der Waals surface area contributed by atoms with Gasteiger partial charge in [0.2, 0.25) is 0 Å². The molecule has 2 fully saturated rings. The molecule has 2 aliphatic rings. The van der Waals surface area contributed by atoms with Gasteiger partial charge in [0.25, 0.3) is 0 Å². The Balaban J connectivity index is 1.99. The lowest BCUT2D eigenvalue weighted by Gasteiger charge is -2.51. The third kappa shape index (κ3) is 5.15. The van der Waals surface area contributed by atoms with Crippen molar-refractivity contribution in [3.8, 4) is 0 Å². The number of esters is 2. The van der Waals surface area contributed by atoms with E-state index in [-0.39, 0.29) is 0 Å². The van der Waals surface area contributed by atoms with Crippen molar-refractivity contribution in [2.24, 2.45) is 5.92 Å². The van der Waals surface area contributed by atoms with Gasteiger partial charge in [-0.25, -0.2) is 0 Å². The third-order valence-corrected chi connectivity index (χ3v) is 6.48. The Hall–Kier alpha value is -1.22. The van der Waals surface area contributed by atoms with E-state index >= 15 is 0 Å². The minimum absolute atomic E-state index is 0.392. The van der Waals surface area contributed by atoms with E-state index in [1.165, 1.54) is 17.1 Å². The normalized spacial score (nSPS) is 27.1. The fraction of sp³-hybridized carbons (Fsp3) is 0.909. The van der Waals surface area contributed by atoms with Crippen LogP contribution in [0.1, 0.15) is 88.0 Å². The molecule has 0 bridgehead atoms. The summed E-state index contributed by atoms with van der Waals surface area (Å²) in [5.41, 5.74) is -2.20. The van der Waals surface area contributed by atoms with Crippen molar-refractivity contribution in [2.45, 2.75) is 122 Å². The topological polar surface area (TPSA) is 99.5 Å². The molecular formula is C22H40N2O6. The van der Waals surface area contributed by atoms with Gasteiger partial charge in [-0.2, -0.15) is 10.1 Å². The van der Waals surface area contributed by atoms with Crippen molar-refractivity contribution in [3.63, 3.8) is 0 Å². The largest absolute Gasteiger partial charge is 0.462 e. The van der Waals surface area contributed by atoms with Crippen LogP contribution in [-0.2, 0) is 19.1 Å². The highest BCUT2D eigenvalue weighted by Gasteiger charge is 2.48.